The molecule has 2 aromatic rings. The van der Waals surface area contributed by atoms with Gasteiger partial charge in [-0.2, -0.15) is 5.10 Å². The summed E-state index contributed by atoms with van der Waals surface area (Å²) in [6.07, 6.45) is 3.58. The van der Waals surface area contributed by atoms with E-state index in [-0.39, 0.29) is 12.0 Å². The van der Waals surface area contributed by atoms with Crippen molar-refractivity contribution in [2.24, 2.45) is 0 Å². The highest BCUT2D eigenvalue weighted by Crippen LogP contribution is 2.23. The van der Waals surface area contributed by atoms with Crippen LogP contribution in [0.15, 0.2) is 24.3 Å². The highest BCUT2D eigenvalue weighted by atomic mass is 16.6. The molecule has 0 bridgehead atoms. The number of carbonyl (C=O) groups excluding carboxylic acids is 2. The van der Waals surface area contributed by atoms with Crippen LogP contribution in [0, 0.1) is 0 Å². The summed E-state index contributed by atoms with van der Waals surface area (Å²) in [4.78, 5) is 26.8. The number of nitrogens with one attached hydrogen (secondary N) is 2. The quantitative estimate of drug-likeness (QED) is 0.786. The fraction of sp³-hybridized carbons (Fsp3) is 0.500. The lowest BCUT2D eigenvalue weighted by molar-refractivity contribution is 0.0222. The molecule has 29 heavy (non-hydrogen) atoms. The number of fused-ring (bicyclic) bond motifs is 1. The van der Waals surface area contributed by atoms with E-state index in [9.17, 15) is 9.59 Å². The molecule has 7 heteroatoms. The molecule has 0 atom stereocenters. The summed E-state index contributed by atoms with van der Waals surface area (Å²) >= 11 is 0. The molecule has 7 nitrogen and oxygen atoms in total. The number of ether oxygens (including phenoxy) is 1. The number of aromatic amines is 1. The van der Waals surface area contributed by atoms with E-state index in [1.807, 2.05) is 45.0 Å². The molecule has 0 radical (unpaired) electrons. The van der Waals surface area contributed by atoms with Gasteiger partial charge in [0.25, 0.3) is 5.91 Å². The lowest BCUT2D eigenvalue weighted by atomic mass is 10.0. The molecule has 1 aromatic heterocycles. The highest BCUT2D eigenvalue weighted by molar-refractivity contribution is 6.04. The van der Waals surface area contributed by atoms with Crippen molar-refractivity contribution in [1.29, 1.82) is 0 Å². The van der Waals surface area contributed by atoms with Gasteiger partial charge in [-0.1, -0.05) is 25.5 Å². The number of H-pyrrole nitrogens is 1. The van der Waals surface area contributed by atoms with E-state index in [1.54, 1.807) is 4.90 Å². The number of aromatic nitrogens is 2. The van der Waals surface area contributed by atoms with Crippen LogP contribution in [-0.4, -0.2) is 39.2 Å². The first-order valence-electron chi connectivity index (χ1n) is 10.2. The van der Waals surface area contributed by atoms with E-state index >= 15 is 0 Å². The third-order valence-electron chi connectivity index (χ3n) is 4.83. The first-order valence-corrected chi connectivity index (χ1v) is 10.2. The Morgan fingerprint density at radius 1 is 1.24 bits per heavy atom. The maximum absolute atomic E-state index is 12.8. The first kappa shape index (κ1) is 20.9. The van der Waals surface area contributed by atoms with Crippen molar-refractivity contribution < 1.29 is 14.3 Å². The van der Waals surface area contributed by atoms with Crippen LogP contribution in [0.4, 0.5) is 10.5 Å². The molecule has 156 valence electrons. The predicted octanol–water partition coefficient (Wildman–Crippen LogP) is 4.30. The molecule has 0 fully saturated rings. The van der Waals surface area contributed by atoms with Crippen molar-refractivity contribution in [2.75, 3.05) is 11.9 Å². The summed E-state index contributed by atoms with van der Waals surface area (Å²) < 4.78 is 5.46. The van der Waals surface area contributed by atoms with Crippen molar-refractivity contribution >= 4 is 17.7 Å². The molecule has 1 aromatic carbocycles. The zero-order chi connectivity index (χ0) is 21.0. The summed E-state index contributed by atoms with van der Waals surface area (Å²) in [5.74, 6) is -0.283. The molecular formula is C22H30N4O3. The average Bonchev–Trinajstić information content (AvgIpc) is 3.09. The number of carbonyl (C=O) groups is 2. The van der Waals surface area contributed by atoms with Crippen molar-refractivity contribution in [2.45, 2.75) is 65.5 Å². The Kier molecular flexibility index (Phi) is 6.25. The molecule has 3 rings (SSSR count). The molecule has 1 aliphatic rings. The van der Waals surface area contributed by atoms with Gasteiger partial charge in [0.15, 0.2) is 5.69 Å². The second kappa shape index (κ2) is 8.68. The minimum atomic E-state index is -0.558. The number of hydrogen-bond acceptors (Lipinski definition) is 4. The maximum atomic E-state index is 12.8. The number of unbranched alkanes of at least 4 members (excludes halogenated alkanes) is 1. The summed E-state index contributed by atoms with van der Waals surface area (Å²) in [6.45, 7) is 8.52. The van der Waals surface area contributed by atoms with Gasteiger partial charge in [0.1, 0.15) is 5.60 Å². The SMILES string of the molecule is CCCCc1ccc(NC(=O)c2n[nH]c3c2CN(C(=O)OC(C)(C)C)CC3)cc1. The Balaban J connectivity index is 1.68. The fourth-order valence-electron chi connectivity index (χ4n) is 3.29. The number of rotatable bonds is 5. The first-order chi connectivity index (χ1) is 13.8. The van der Waals surface area contributed by atoms with E-state index in [0.717, 1.165) is 36.2 Å². The number of anilines is 1. The van der Waals surface area contributed by atoms with Gasteiger partial charge in [0.2, 0.25) is 0 Å². The molecule has 0 unspecified atom stereocenters. The molecule has 2 N–H and O–H groups in total. The van der Waals surface area contributed by atoms with Crippen LogP contribution >= 0.6 is 0 Å². The minimum Gasteiger partial charge on any atom is -0.444 e. The third-order valence-corrected chi connectivity index (χ3v) is 4.83. The number of benzene rings is 1. The molecule has 2 heterocycles. The zero-order valence-corrected chi connectivity index (χ0v) is 17.7. The number of amides is 2. The van der Waals surface area contributed by atoms with E-state index in [1.165, 1.54) is 5.56 Å². The van der Waals surface area contributed by atoms with Crippen molar-refractivity contribution in [3.8, 4) is 0 Å². The van der Waals surface area contributed by atoms with Gasteiger partial charge in [-0.25, -0.2) is 4.79 Å². The molecule has 1 aliphatic heterocycles. The molecule has 0 aliphatic carbocycles. The Morgan fingerprint density at radius 2 is 1.97 bits per heavy atom. The Morgan fingerprint density at radius 3 is 2.62 bits per heavy atom. The molecular weight excluding hydrogens is 368 g/mol. The number of aryl methyl sites for hydroxylation is 1. The maximum Gasteiger partial charge on any atom is 0.410 e. The minimum absolute atomic E-state index is 0.283. The van der Waals surface area contributed by atoms with Crippen LogP contribution in [0.2, 0.25) is 0 Å². The summed E-state index contributed by atoms with van der Waals surface area (Å²) in [6, 6.07) is 7.90. The van der Waals surface area contributed by atoms with Crippen LogP contribution < -0.4 is 5.32 Å². The fourth-order valence-corrected chi connectivity index (χ4v) is 3.29. The van der Waals surface area contributed by atoms with Gasteiger partial charge >= 0.3 is 6.09 Å². The number of hydrogen-bond donors (Lipinski definition) is 2. The van der Waals surface area contributed by atoms with Crippen LogP contribution in [-0.2, 0) is 24.1 Å². The van der Waals surface area contributed by atoms with Gasteiger partial charge < -0.3 is 15.0 Å². The highest BCUT2D eigenvalue weighted by Gasteiger charge is 2.30. The second-order valence-corrected chi connectivity index (χ2v) is 8.44. The Bertz CT molecular complexity index is 865. The normalized spacial score (nSPS) is 13.7. The largest absolute Gasteiger partial charge is 0.444 e. The van der Waals surface area contributed by atoms with Gasteiger partial charge in [0, 0.05) is 29.9 Å². The van der Waals surface area contributed by atoms with Crippen LogP contribution in [0.25, 0.3) is 0 Å². The van der Waals surface area contributed by atoms with E-state index in [0.29, 0.717) is 25.2 Å². The summed E-state index contributed by atoms with van der Waals surface area (Å²) in [7, 11) is 0. The molecule has 0 saturated heterocycles. The zero-order valence-electron chi connectivity index (χ0n) is 17.7. The Hall–Kier alpha value is -2.83. The standard InChI is InChI=1S/C22H30N4O3/c1-5-6-7-15-8-10-16(11-9-15)23-20(27)19-17-14-26(13-12-18(17)24-25-19)21(28)29-22(2,3)4/h8-11H,5-7,12-14H2,1-4H3,(H,23,27)(H,24,25). The molecule has 2 amide bonds. The van der Waals surface area contributed by atoms with Crippen molar-refractivity contribution in [1.82, 2.24) is 15.1 Å². The molecule has 0 spiro atoms. The van der Waals surface area contributed by atoms with Gasteiger partial charge in [-0.05, 0) is 51.3 Å². The van der Waals surface area contributed by atoms with E-state index in [4.69, 9.17) is 4.74 Å². The Labute approximate surface area is 171 Å². The number of nitrogens with zero attached hydrogens (tertiary/aromatic N) is 2. The lowest BCUT2D eigenvalue weighted by Crippen LogP contribution is -2.40. The van der Waals surface area contributed by atoms with Crippen LogP contribution in [0.5, 0.6) is 0 Å². The lowest BCUT2D eigenvalue weighted by Gasteiger charge is -2.30. The third kappa shape index (κ3) is 5.37. The van der Waals surface area contributed by atoms with E-state index < -0.39 is 5.60 Å². The monoisotopic (exact) mass is 398 g/mol. The van der Waals surface area contributed by atoms with Crippen molar-refractivity contribution in [3.63, 3.8) is 0 Å². The molecule has 0 saturated carbocycles. The summed E-state index contributed by atoms with van der Waals surface area (Å²) in [5, 5.41) is 10.1. The van der Waals surface area contributed by atoms with Gasteiger partial charge in [0.05, 0.1) is 6.54 Å². The topological polar surface area (TPSA) is 87.3 Å². The van der Waals surface area contributed by atoms with Crippen molar-refractivity contribution in [3.05, 3.63) is 46.8 Å². The van der Waals surface area contributed by atoms with Crippen LogP contribution in [0.1, 0.15) is 67.8 Å². The summed E-state index contributed by atoms with van der Waals surface area (Å²) in [5.41, 5.74) is 3.39. The van der Waals surface area contributed by atoms with Gasteiger partial charge in [-0.15, -0.1) is 0 Å². The average molecular weight is 399 g/mol. The van der Waals surface area contributed by atoms with Crippen LogP contribution in [0.3, 0.4) is 0 Å². The second-order valence-electron chi connectivity index (χ2n) is 8.44. The predicted molar refractivity (Wildman–Crippen MR) is 112 cm³/mol. The smallest absolute Gasteiger partial charge is 0.410 e. The van der Waals surface area contributed by atoms with E-state index in [2.05, 4.69) is 22.4 Å². The van der Waals surface area contributed by atoms with Gasteiger partial charge in [-0.3, -0.25) is 9.89 Å².